The number of hydrogen-bond acceptors (Lipinski definition) is 2. The van der Waals surface area contributed by atoms with Gasteiger partial charge < -0.3 is 9.84 Å². The van der Waals surface area contributed by atoms with Gasteiger partial charge in [0, 0.05) is 5.02 Å². The molecule has 0 aromatic heterocycles. The quantitative estimate of drug-likeness (QED) is 0.698. The van der Waals surface area contributed by atoms with E-state index in [4.69, 9.17) is 33.0 Å². The molecule has 0 atom stereocenters. The van der Waals surface area contributed by atoms with E-state index >= 15 is 0 Å². The van der Waals surface area contributed by atoms with Gasteiger partial charge in [0.1, 0.15) is 5.75 Å². The standard InChI is InChI=1S/C10H8.C8H6Cl2O3/c1-2-6-10-8-4-3-7-9(10)5-1;9-5-1-2-7(6(10)3-5)13-4-8(11)12/h1-8H;1-3H,4H2,(H,11,12). The van der Waals surface area contributed by atoms with Crippen molar-refractivity contribution < 1.29 is 14.6 Å². The topological polar surface area (TPSA) is 46.5 Å². The van der Waals surface area contributed by atoms with Crippen molar-refractivity contribution in [3.63, 3.8) is 0 Å². The second kappa shape index (κ2) is 8.42. The fourth-order valence-electron chi connectivity index (χ4n) is 1.86. The zero-order chi connectivity index (χ0) is 16.7. The molecule has 0 saturated carbocycles. The first-order chi connectivity index (χ1) is 11.1. The molecule has 3 aromatic rings. The summed E-state index contributed by atoms with van der Waals surface area (Å²) >= 11 is 11.3. The minimum absolute atomic E-state index is 0.300. The highest BCUT2D eigenvalue weighted by molar-refractivity contribution is 6.35. The molecular weight excluding hydrogens is 335 g/mol. The molecule has 118 valence electrons. The van der Waals surface area contributed by atoms with E-state index in [0.717, 1.165) is 0 Å². The van der Waals surface area contributed by atoms with E-state index in [9.17, 15) is 4.79 Å². The number of carboxylic acid groups (broad SMARTS) is 1. The molecule has 0 unspecified atom stereocenters. The molecule has 0 spiro atoms. The summed E-state index contributed by atoms with van der Waals surface area (Å²) in [5, 5.41) is 11.7. The van der Waals surface area contributed by atoms with Crippen LogP contribution in [0.15, 0.2) is 66.7 Å². The smallest absolute Gasteiger partial charge is 0.341 e. The summed E-state index contributed by atoms with van der Waals surface area (Å²) in [6, 6.07) is 21.3. The normalized spacial score (nSPS) is 9.83. The molecule has 3 rings (SSSR count). The first-order valence-corrected chi connectivity index (χ1v) is 7.55. The summed E-state index contributed by atoms with van der Waals surface area (Å²) in [6.45, 7) is -0.415. The average molecular weight is 349 g/mol. The van der Waals surface area contributed by atoms with Gasteiger partial charge in [0.15, 0.2) is 6.61 Å². The van der Waals surface area contributed by atoms with Gasteiger partial charge in [-0.1, -0.05) is 71.7 Å². The Kier molecular flexibility index (Phi) is 6.27. The third-order valence-electron chi connectivity index (χ3n) is 2.90. The van der Waals surface area contributed by atoms with E-state index < -0.39 is 12.6 Å². The molecule has 0 bridgehead atoms. The highest BCUT2D eigenvalue weighted by atomic mass is 35.5. The Morgan fingerprint density at radius 3 is 1.87 bits per heavy atom. The summed E-state index contributed by atoms with van der Waals surface area (Å²) in [5.74, 6) is -0.737. The minimum Gasteiger partial charge on any atom is -0.480 e. The molecule has 0 aliphatic heterocycles. The van der Waals surface area contributed by atoms with Crippen LogP contribution in [0.5, 0.6) is 5.75 Å². The number of carboxylic acids is 1. The van der Waals surface area contributed by atoms with Crippen LogP contribution in [-0.4, -0.2) is 17.7 Å². The molecule has 0 amide bonds. The minimum atomic E-state index is -1.05. The van der Waals surface area contributed by atoms with Gasteiger partial charge >= 0.3 is 5.97 Å². The summed E-state index contributed by atoms with van der Waals surface area (Å²) < 4.78 is 4.86. The molecule has 0 heterocycles. The van der Waals surface area contributed by atoms with E-state index in [-0.39, 0.29) is 0 Å². The summed E-state index contributed by atoms with van der Waals surface area (Å²) in [5.41, 5.74) is 0. The van der Waals surface area contributed by atoms with E-state index in [1.165, 1.54) is 22.9 Å². The molecule has 0 aliphatic rings. The second-order valence-electron chi connectivity index (χ2n) is 4.60. The fraction of sp³-hybridized carbons (Fsp3) is 0.0556. The van der Waals surface area contributed by atoms with Gasteiger partial charge in [-0.05, 0) is 29.0 Å². The zero-order valence-electron chi connectivity index (χ0n) is 12.1. The summed E-state index contributed by atoms with van der Waals surface area (Å²) in [4.78, 5) is 10.2. The summed E-state index contributed by atoms with van der Waals surface area (Å²) in [6.07, 6.45) is 0. The van der Waals surface area contributed by atoms with Crippen molar-refractivity contribution >= 4 is 39.9 Å². The van der Waals surface area contributed by atoms with Crippen LogP contribution < -0.4 is 4.74 Å². The van der Waals surface area contributed by atoms with Gasteiger partial charge in [-0.3, -0.25) is 0 Å². The van der Waals surface area contributed by atoms with Crippen LogP contribution in [0.4, 0.5) is 0 Å². The number of rotatable bonds is 3. The Morgan fingerprint density at radius 1 is 0.913 bits per heavy atom. The van der Waals surface area contributed by atoms with Crippen LogP contribution in [0.3, 0.4) is 0 Å². The lowest BCUT2D eigenvalue weighted by Crippen LogP contribution is -2.09. The molecule has 23 heavy (non-hydrogen) atoms. The lowest BCUT2D eigenvalue weighted by Gasteiger charge is -2.04. The Hall–Kier alpha value is -2.23. The third kappa shape index (κ3) is 5.47. The molecule has 3 nitrogen and oxygen atoms in total. The molecule has 0 saturated heterocycles. The van der Waals surface area contributed by atoms with E-state index in [1.807, 2.05) is 0 Å². The van der Waals surface area contributed by atoms with Crippen molar-refractivity contribution in [3.05, 3.63) is 76.8 Å². The Labute approximate surface area is 144 Å². The highest BCUT2D eigenvalue weighted by Gasteiger charge is 2.04. The monoisotopic (exact) mass is 348 g/mol. The lowest BCUT2D eigenvalue weighted by atomic mass is 10.1. The Bertz CT molecular complexity index is 738. The predicted molar refractivity (Wildman–Crippen MR) is 93.5 cm³/mol. The van der Waals surface area contributed by atoms with Crippen LogP contribution in [0, 0.1) is 0 Å². The van der Waals surface area contributed by atoms with Crippen molar-refractivity contribution in [1.82, 2.24) is 0 Å². The molecule has 5 heteroatoms. The molecule has 0 radical (unpaired) electrons. The number of benzene rings is 3. The van der Waals surface area contributed by atoms with Crippen molar-refractivity contribution in [2.75, 3.05) is 6.61 Å². The number of fused-ring (bicyclic) bond motifs is 1. The number of carbonyl (C=O) groups is 1. The highest BCUT2D eigenvalue weighted by Crippen LogP contribution is 2.27. The largest absolute Gasteiger partial charge is 0.480 e. The van der Waals surface area contributed by atoms with E-state index in [2.05, 4.69) is 48.5 Å². The molecular formula is C18H14Cl2O3. The predicted octanol–water partition coefficient (Wildman–Crippen LogP) is 5.30. The van der Waals surface area contributed by atoms with Gasteiger partial charge in [0.25, 0.3) is 0 Å². The van der Waals surface area contributed by atoms with Gasteiger partial charge in [-0.25, -0.2) is 4.79 Å². The molecule has 3 aromatic carbocycles. The first-order valence-electron chi connectivity index (χ1n) is 6.79. The van der Waals surface area contributed by atoms with Crippen molar-refractivity contribution in [2.45, 2.75) is 0 Å². The molecule has 0 aliphatic carbocycles. The van der Waals surface area contributed by atoms with E-state index in [1.54, 1.807) is 6.07 Å². The van der Waals surface area contributed by atoms with Crippen LogP contribution in [0.2, 0.25) is 10.0 Å². The maximum atomic E-state index is 10.2. The van der Waals surface area contributed by atoms with Gasteiger partial charge in [0.2, 0.25) is 0 Å². The molecule has 1 N–H and O–H groups in total. The van der Waals surface area contributed by atoms with Crippen LogP contribution in [0.1, 0.15) is 0 Å². The SMILES string of the molecule is O=C(O)COc1ccc(Cl)cc1Cl.c1ccc2ccccc2c1. The number of halogens is 2. The average Bonchev–Trinajstić information content (AvgIpc) is 2.54. The van der Waals surface area contributed by atoms with Gasteiger partial charge in [0.05, 0.1) is 5.02 Å². The number of hydrogen-bond donors (Lipinski definition) is 1. The maximum absolute atomic E-state index is 10.2. The van der Waals surface area contributed by atoms with Crippen LogP contribution in [-0.2, 0) is 4.79 Å². The van der Waals surface area contributed by atoms with Crippen molar-refractivity contribution in [1.29, 1.82) is 0 Å². The maximum Gasteiger partial charge on any atom is 0.341 e. The Balaban J connectivity index is 0.000000172. The fourth-order valence-corrected chi connectivity index (χ4v) is 2.33. The number of ether oxygens (including phenoxy) is 1. The van der Waals surface area contributed by atoms with Crippen molar-refractivity contribution in [2.24, 2.45) is 0 Å². The summed E-state index contributed by atoms with van der Waals surface area (Å²) in [7, 11) is 0. The van der Waals surface area contributed by atoms with E-state index in [0.29, 0.717) is 15.8 Å². The second-order valence-corrected chi connectivity index (χ2v) is 5.45. The zero-order valence-corrected chi connectivity index (χ0v) is 13.6. The Morgan fingerprint density at radius 2 is 1.43 bits per heavy atom. The number of aliphatic carboxylic acids is 1. The molecule has 0 fully saturated rings. The third-order valence-corrected chi connectivity index (χ3v) is 3.43. The van der Waals surface area contributed by atoms with Crippen LogP contribution >= 0.6 is 23.2 Å². The van der Waals surface area contributed by atoms with Crippen molar-refractivity contribution in [3.8, 4) is 5.75 Å². The lowest BCUT2D eigenvalue weighted by molar-refractivity contribution is -0.139. The van der Waals surface area contributed by atoms with Gasteiger partial charge in [-0.15, -0.1) is 0 Å². The van der Waals surface area contributed by atoms with Gasteiger partial charge in [-0.2, -0.15) is 0 Å². The van der Waals surface area contributed by atoms with Crippen LogP contribution in [0.25, 0.3) is 10.8 Å². The first kappa shape index (κ1) is 17.1.